The molecule has 1 aromatic heterocycles. The average Bonchev–Trinajstić information content (AvgIpc) is 3.15. The first-order valence-corrected chi connectivity index (χ1v) is 9.23. The molecule has 0 radical (unpaired) electrons. The number of nitrogens with one attached hydrogen (secondary N) is 3. The van der Waals surface area contributed by atoms with Crippen molar-refractivity contribution < 1.29 is 9.13 Å². The van der Waals surface area contributed by atoms with E-state index in [1.165, 1.54) is 12.1 Å². The highest BCUT2D eigenvalue weighted by Gasteiger charge is 2.21. The van der Waals surface area contributed by atoms with Gasteiger partial charge in [0.1, 0.15) is 23.3 Å². The van der Waals surface area contributed by atoms with Crippen molar-refractivity contribution in [2.24, 2.45) is 0 Å². The molecule has 4 rings (SSSR count). The Hall–Kier alpha value is -2.25. The molecule has 0 spiro atoms. The van der Waals surface area contributed by atoms with Gasteiger partial charge in [0.05, 0.1) is 12.6 Å². The zero-order chi connectivity index (χ0) is 17.8. The monoisotopic (exact) mass is 357 g/mol. The van der Waals surface area contributed by atoms with E-state index in [1.54, 1.807) is 6.07 Å². The molecule has 0 aliphatic carbocycles. The molecular weight excluding hydrogens is 333 g/mol. The van der Waals surface area contributed by atoms with Gasteiger partial charge in [0.25, 0.3) is 0 Å². The van der Waals surface area contributed by atoms with Crippen molar-refractivity contribution in [1.82, 2.24) is 15.3 Å². The van der Waals surface area contributed by atoms with Crippen LogP contribution in [-0.4, -0.2) is 42.3 Å². The topological polar surface area (TPSA) is 71.1 Å². The number of benzene rings is 1. The van der Waals surface area contributed by atoms with Crippen LogP contribution < -0.4 is 16.0 Å². The molecular formula is C19H24FN5O. The zero-order valence-electron chi connectivity index (χ0n) is 14.7. The van der Waals surface area contributed by atoms with Crippen LogP contribution in [0.5, 0.6) is 0 Å². The largest absolute Gasteiger partial charge is 0.379 e. The van der Waals surface area contributed by atoms with Crippen LogP contribution in [-0.2, 0) is 4.74 Å². The fraction of sp³-hybridized carbons (Fsp3) is 0.474. The normalized spacial score (nSPS) is 23.0. The molecule has 2 fully saturated rings. The highest BCUT2D eigenvalue weighted by Crippen LogP contribution is 2.26. The second-order valence-electron chi connectivity index (χ2n) is 6.88. The van der Waals surface area contributed by atoms with Crippen LogP contribution in [0.15, 0.2) is 30.3 Å². The number of aromatic nitrogens is 2. The van der Waals surface area contributed by atoms with Gasteiger partial charge in [-0.05, 0) is 44.0 Å². The van der Waals surface area contributed by atoms with Crippen LogP contribution in [0.3, 0.4) is 0 Å². The van der Waals surface area contributed by atoms with Gasteiger partial charge >= 0.3 is 0 Å². The summed E-state index contributed by atoms with van der Waals surface area (Å²) in [6.45, 7) is 3.39. The molecule has 2 aliphatic rings. The Morgan fingerprint density at radius 2 is 2.08 bits per heavy atom. The van der Waals surface area contributed by atoms with E-state index in [9.17, 15) is 4.39 Å². The quantitative estimate of drug-likeness (QED) is 0.764. The molecule has 3 heterocycles. The van der Waals surface area contributed by atoms with E-state index in [4.69, 9.17) is 14.7 Å². The van der Waals surface area contributed by atoms with Crippen LogP contribution in [0.1, 0.15) is 31.0 Å². The number of hydrogen-bond acceptors (Lipinski definition) is 6. The van der Waals surface area contributed by atoms with Crippen LogP contribution in [0.2, 0.25) is 0 Å². The minimum absolute atomic E-state index is 0.268. The molecule has 26 heavy (non-hydrogen) atoms. The standard InChI is InChI=1S/C19H24FN5O/c20-14-4-1-5-15(9-14)22-17-10-18(23-16-6-8-26-12-16)25-19(24-17)13-3-2-7-21-11-13/h1,4-5,9-10,13,16,21H,2-3,6-8,11-12H2,(H2,22,23,24,25). The Morgan fingerprint density at radius 1 is 1.15 bits per heavy atom. The van der Waals surface area contributed by atoms with Gasteiger partial charge in [0.2, 0.25) is 0 Å². The molecule has 2 saturated heterocycles. The molecule has 138 valence electrons. The molecule has 7 heteroatoms. The third-order valence-corrected chi connectivity index (χ3v) is 4.78. The molecule has 6 nitrogen and oxygen atoms in total. The Kier molecular flexibility index (Phi) is 5.26. The Balaban J connectivity index is 1.60. The Labute approximate surface area is 152 Å². The lowest BCUT2D eigenvalue weighted by Crippen LogP contribution is -2.30. The first-order chi connectivity index (χ1) is 12.8. The van der Waals surface area contributed by atoms with Crippen molar-refractivity contribution in [3.05, 3.63) is 42.0 Å². The smallest absolute Gasteiger partial charge is 0.137 e. The highest BCUT2D eigenvalue weighted by atomic mass is 19.1. The van der Waals surface area contributed by atoms with E-state index in [2.05, 4.69) is 16.0 Å². The SMILES string of the molecule is Fc1cccc(Nc2cc(NC3CCOC3)nc(C3CCCNC3)n2)c1. The fourth-order valence-corrected chi connectivity index (χ4v) is 3.43. The molecule has 0 saturated carbocycles. The summed E-state index contributed by atoms with van der Waals surface area (Å²) in [4.78, 5) is 9.45. The second kappa shape index (κ2) is 7.97. The molecule has 2 aliphatic heterocycles. The van der Waals surface area contributed by atoms with Crippen LogP contribution >= 0.6 is 0 Å². The number of halogens is 1. The summed E-state index contributed by atoms with van der Waals surface area (Å²) < 4.78 is 18.9. The van der Waals surface area contributed by atoms with Crippen LogP contribution in [0.4, 0.5) is 21.7 Å². The molecule has 3 N–H and O–H groups in total. The number of ether oxygens (including phenoxy) is 1. The van der Waals surface area contributed by atoms with E-state index in [-0.39, 0.29) is 11.9 Å². The zero-order valence-corrected chi connectivity index (χ0v) is 14.7. The van der Waals surface area contributed by atoms with Crippen molar-refractivity contribution in [3.63, 3.8) is 0 Å². The van der Waals surface area contributed by atoms with Gasteiger partial charge in [-0.1, -0.05) is 6.07 Å². The van der Waals surface area contributed by atoms with E-state index < -0.39 is 0 Å². The predicted molar refractivity (Wildman–Crippen MR) is 99.4 cm³/mol. The van der Waals surface area contributed by atoms with E-state index in [0.717, 1.165) is 50.6 Å². The highest BCUT2D eigenvalue weighted by molar-refractivity contribution is 5.59. The summed E-state index contributed by atoms with van der Waals surface area (Å²) in [6, 6.07) is 8.54. The molecule has 0 amide bonds. The molecule has 2 unspecified atom stereocenters. The fourth-order valence-electron chi connectivity index (χ4n) is 3.43. The number of piperidine rings is 1. The number of rotatable bonds is 5. The lowest BCUT2D eigenvalue weighted by atomic mass is 9.99. The third kappa shape index (κ3) is 4.28. The summed E-state index contributed by atoms with van der Waals surface area (Å²) in [5.41, 5.74) is 0.673. The van der Waals surface area contributed by atoms with Crippen LogP contribution in [0.25, 0.3) is 0 Å². The number of hydrogen-bond donors (Lipinski definition) is 3. The minimum Gasteiger partial charge on any atom is -0.379 e. The van der Waals surface area contributed by atoms with E-state index in [1.807, 2.05) is 12.1 Å². The van der Waals surface area contributed by atoms with Gasteiger partial charge in [-0.25, -0.2) is 14.4 Å². The van der Waals surface area contributed by atoms with Crippen molar-refractivity contribution in [2.75, 3.05) is 36.9 Å². The first kappa shape index (κ1) is 17.2. The third-order valence-electron chi connectivity index (χ3n) is 4.78. The van der Waals surface area contributed by atoms with Gasteiger partial charge in [0.15, 0.2) is 0 Å². The van der Waals surface area contributed by atoms with Crippen molar-refractivity contribution >= 4 is 17.3 Å². The van der Waals surface area contributed by atoms with E-state index >= 15 is 0 Å². The lowest BCUT2D eigenvalue weighted by Gasteiger charge is -2.23. The van der Waals surface area contributed by atoms with Crippen molar-refractivity contribution in [1.29, 1.82) is 0 Å². The second-order valence-corrected chi connectivity index (χ2v) is 6.88. The molecule has 2 aromatic rings. The van der Waals surface area contributed by atoms with Gasteiger partial charge in [-0.15, -0.1) is 0 Å². The minimum atomic E-state index is -0.276. The number of anilines is 3. The molecule has 0 bridgehead atoms. The van der Waals surface area contributed by atoms with Gasteiger partial charge in [-0.2, -0.15) is 0 Å². The van der Waals surface area contributed by atoms with Gasteiger partial charge in [0, 0.05) is 30.8 Å². The maximum atomic E-state index is 13.5. The summed E-state index contributed by atoms with van der Waals surface area (Å²) >= 11 is 0. The van der Waals surface area contributed by atoms with E-state index in [0.29, 0.717) is 24.0 Å². The maximum absolute atomic E-state index is 13.5. The van der Waals surface area contributed by atoms with Crippen LogP contribution in [0, 0.1) is 5.82 Å². The van der Waals surface area contributed by atoms with Gasteiger partial charge in [-0.3, -0.25) is 0 Å². The summed E-state index contributed by atoms with van der Waals surface area (Å²) in [5.74, 6) is 2.29. The Morgan fingerprint density at radius 3 is 2.85 bits per heavy atom. The van der Waals surface area contributed by atoms with Crippen molar-refractivity contribution in [3.8, 4) is 0 Å². The average molecular weight is 357 g/mol. The van der Waals surface area contributed by atoms with Gasteiger partial charge < -0.3 is 20.7 Å². The predicted octanol–water partition coefficient (Wildman–Crippen LogP) is 3.03. The lowest BCUT2D eigenvalue weighted by molar-refractivity contribution is 0.195. The summed E-state index contributed by atoms with van der Waals surface area (Å²) in [7, 11) is 0. The summed E-state index contributed by atoms with van der Waals surface area (Å²) in [6.07, 6.45) is 3.16. The first-order valence-electron chi connectivity index (χ1n) is 9.23. The number of nitrogens with zero attached hydrogens (tertiary/aromatic N) is 2. The maximum Gasteiger partial charge on any atom is 0.137 e. The van der Waals surface area contributed by atoms with Crippen molar-refractivity contribution in [2.45, 2.75) is 31.2 Å². The Bertz CT molecular complexity index is 744. The molecule has 1 aromatic carbocycles. The molecule has 2 atom stereocenters. The summed E-state index contributed by atoms with van der Waals surface area (Å²) in [5, 5.41) is 10.1.